The molecule has 1 atom stereocenters. The van der Waals surface area contributed by atoms with Gasteiger partial charge < -0.3 is 5.73 Å². The molecule has 0 heterocycles. The summed E-state index contributed by atoms with van der Waals surface area (Å²) in [7, 11) is 0. The Bertz CT molecular complexity index is 83.5. The van der Waals surface area contributed by atoms with Crippen molar-refractivity contribution in [3.05, 3.63) is 0 Å². The van der Waals surface area contributed by atoms with Crippen LogP contribution in [-0.2, 0) is 0 Å². The summed E-state index contributed by atoms with van der Waals surface area (Å²) in [6, 6.07) is 0. The van der Waals surface area contributed by atoms with Gasteiger partial charge in [0.2, 0.25) is 0 Å². The first-order chi connectivity index (χ1) is 3.95. The van der Waals surface area contributed by atoms with Crippen molar-refractivity contribution in [2.24, 2.45) is 11.7 Å². The average Bonchev–Trinajstić information content (AvgIpc) is 1.62. The summed E-state index contributed by atoms with van der Waals surface area (Å²) in [4.78, 5) is 0. The molecule has 0 radical (unpaired) electrons. The first-order valence-corrected chi connectivity index (χ1v) is 2.72. The molecule has 0 rings (SSSR count). The number of hydrogen-bond acceptors (Lipinski definition) is 1. The van der Waals surface area contributed by atoms with E-state index in [2.05, 4.69) is 0 Å². The van der Waals surface area contributed by atoms with Crippen LogP contribution in [0.2, 0.25) is 0 Å². The Morgan fingerprint density at radius 2 is 1.80 bits per heavy atom. The third kappa shape index (κ3) is 8.04. The van der Waals surface area contributed by atoms with Crippen LogP contribution in [0.25, 0.3) is 0 Å². The Kier molecular flexibility index (Phi) is 6.09. The van der Waals surface area contributed by atoms with Crippen molar-refractivity contribution in [3.63, 3.8) is 0 Å². The van der Waals surface area contributed by atoms with Crippen molar-refractivity contribution in [1.29, 1.82) is 0 Å². The van der Waals surface area contributed by atoms with Crippen molar-refractivity contribution in [2.45, 2.75) is 19.5 Å². The number of alkyl halides is 3. The van der Waals surface area contributed by atoms with Crippen LogP contribution >= 0.6 is 12.4 Å². The van der Waals surface area contributed by atoms with Crippen LogP contribution in [0.1, 0.15) is 13.3 Å². The molecule has 1 nitrogen and oxygen atoms in total. The van der Waals surface area contributed by atoms with Crippen molar-refractivity contribution in [3.8, 4) is 0 Å². The Morgan fingerprint density at radius 1 is 1.40 bits per heavy atom. The minimum absolute atomic E-state index is 0. The van der Waals surface area contributed by atoms with Crippen molar-refractivity contribution in [2.75, 3.05) is 6.54 Å². The van der Waals surface area contributed by atoms with E-state index < -0.39 is 18.5 Å². The van der Waals surface area contributed by atoms with Crippen LogP contribution < -0.4 is 5.73 Å². The number of hydrogen-bond donors (Lipinski definition) is 1. The average molecular weight is 178 g/mol. The summed E-state index contributed by atoms with van der Waals surface area (Å²) >= 11 is 0. The van der Waals surface area contributed by atoms with E-state index in [1.165, 1.54) is 6.92 Å². The summed E-state index contributed by atoms with van der Waals surface area (Å²) < 4.78 is 34.3. The summed E-state index contributed by atoms with van der Waals surface area (Å²) in [6.45, 7) is 1.58. The van der Waals surface area contributed by atoms with E-state index in [0.717, 1.165) is 0 Å². The fourth-order valence-electron chi connectivity index (χ4n) is 0.478. The minimum atomic E-state index is -4.06. The Labute approximate surface area is 64.2 Å². The first kappa shape index (κ1) is 12.7. The molecule has 1 unspecified atom stereocenters. The standard InChI is InChI=1S/C5H10F3N.ClH/c1-4(3-9)2-5(6,7)8;/h4H,2-3,9H2,1H3;1H. The SMILES string of the molecule is CC(CN)CC(F)(F)F.Cl. The van der Waals surface area contributed by atoms with Gasteiger partial charge in [-0.15, -0.1) is 12.4 Å². The van der Waals surface area contributed by atoms with Gasteiger partial charge in [0.15, 0.2) is 0 Å². The molecule has 0 aromatic rings. The molecule has 0 amide bonds. The molecule has 0 aliphatic heterocycles. The quantitative estimate of drug-likeness (QED) is 0.686. The monoisotopic (exact) mass is 177 g/mol. The zero-order valence-corrected chi connectivity index (χ0v) is 6.43. The highest BCUT2D eigenvalue weighted by Gasteiger charge is 2.28. The second kappa shape index (κ2) is 4.79. The highest BCUT2D eigenvalue weighted by molar-refractivity contribution is 5.85. The molecular weight excluding hydrogens is 167 g/mol. The molecule has 0 fully saturated rings. The van der Waals surface area contributed by atoms with Crippen molar-refractivity contribution < 1.29 is 13.2 Å². The fraction of sp³-hybridized carbons (Fsp3) is 1.00. The molecule has 0 bridgehead atoms. The second-order valence-corrected chi connectivity index (χ2v) is 2.16. The second-order valence-electron chi connectivity index (χ2n) is 2.16. The van der Waals surface area contributed by atoms with Crippen LogP contribution in [0.5, 0.6) is 0 Å². The molecule has 5 heteroatoms. The normalized spacial score (nSPS) is 14.1. The lowest BCUT2D eigenvalue weighted by Gasteiger charge is -2.10. The predicted octanol–water partition coefficient (Wildman–Crippen LogP) is 1.96. The highest BCUT2D eigenvalue weighted by Crippen LogP contribution is 2.23. The fourth-order valence-corrected chi connectivity index (χ4v) is 0.478. The van der Waals surface area contributed by atoms with Gasteiger partial charge in [-0.1, -0.05) is 6.92 Å². The molecule has 0 aliphatic rings. The van der Waals surface area contributed by atoms with Gasteiger partial charge in [-0.2, -0.15) is 13.2 Å². The number of rotatable bonds is 2. The van der Waals surface area contributed by atoms with Gasteiger partial charge in [-0.3, -0.25) is 0 Å². The summed E-state index contributed by atoms with van der Waals surface area (Å²) in [5.41, 5.74) is 4.98. The maximum absolute atomic E-state index is 11.4. The van der Waals surface area contributed by atoms with Crippen LogP contribution in [0.4, 0.5) is 13.2 Å². The number of nitrogens with two attached hydrogens (primary N) is 1. The maximum atomic E-state index is 11.4. The van der Waals surface area contributed by atoms with Gasteiger partial charge in [0.25, 0.3) is 0 Å². The highest BCUT2D eigenvalue weighted by atomic mass is 35.5. The van der Waals surface area contributed by atoms with Gasteiger partial charge in [-0.05, 0) is 12.5 Å². The van der Waals surface area contributed by atoms with Gasteiger partial charge in [-0.25, -0.2) is 0 Å². The third-order valence-electron chi connectivity index (χ3n) is 0.982. The van der Waals surface area contributed by atoms with Crippen LogP contribution in [0.3, 0.4) is 0 Å². The minimum Gasteiger partial charge on any atom is -0.330 e. The van der Waals surface area contributed by atoms with Gasteiger partial charge in [0.05, 0.1) is 0 Å². The lowest BCUT2D eigenvalue weighted by molar-refractivity contribution is -0.142. The lowest BCUT2D eigenvalue weighted by Crippen LogP contribution is -2.19. The van der Waals surface area contributed by atoms with Crippen LogP contribution in [0.15, 0.2) is 0 Å². The molecular formula is C5H11ClF3N. The summed E-state index contributed by atoms with van der Waals surface area (Å²) in [6.07, 6.45) is -4.83. The van der Waals surface area contributed by atoms with E-state index >= 15 is 0 Å². The molecule has 0 aliphatic carbocycles. The van der Waals surface area contributed by atoms with Gasteiger partial charge in [0, 0.05) is 6.42 Å². The van der Waals surface area contributed by atoms with E-state index in [-0.39, 0.29) is 19.0 Å². The van der Waals surface area contributed by atoms with E-state index in [9.17, 15) is 13.2 Å². The van der Waals surface area contributed by atoms with Gasteiger partial charge in [0.1, 0.15) is 0 Å². The third-order valence-corrected chi connectivity index (χ3v) is 0.982. The van der Waals surface area contributed by atoms with E-state index in [1.54, 1.807) is 0 Å². The van der Waals surface area contributed by atoms with E-state index in [4.69, 9.17) is 5.73 Å². The molecule has 2 N–H and O–H groups in total. The first-order valence-electron chi connectivity index (χ1n) is 2.72. The summed E-state index contributed by atoms with van der Waals surface area (Å²) in [5.74, 6) is -0.454. The molecule has 0 aromatic heterocycles. The zero-order chi connectivity index (χ0) is 7.49. The zero-order valence-electron chi connectivity index (χ0n) is 5.61. The Morgan fingerprint density at radius 3 is 1.90 bits per heavy atom. The molecule has 64 valence electrons. The number of halogens is 4. The molecule has 0 saturated carbocycles. The Balaban J connectivity index is 0. The van der Waals surface area contributed by atoms with E-state index in [1.807, 2.05) is 0 Å². The van der Waals surface area contributed by atoms with Gasteiger partial charge >= 0.3 is 6.18 Å². The lowest BCUT2D eigenvalue weighted by atomic mass is 10.1. The molecule has 10 heavy (non-hydrogen) atoms. The Hall–Kier alpha value is 0.0400. The maximum Gasteiger partial charge on any atom is 0.389 e. The van der Waals surface area contributed by atoms with Crippen molar-refractivity contribution >= 4 is 12.4 Å². The molecule has 0 saturated heterocycles. The largest absolute Gasteiger partial charge is 0.389 e. The smallest absolute Gasteiger partial charge is 0.330 e. The van der Waals surface area contributed by atoms with Crippen LogP contribution in [-0.4, -0.2) is 12.7 Å². The van der Waals surface area contributed by atoms with E-state index in [0.29, 0.717) is 0 Å². The van der Waals surface area contributed by atoms with Crippen LogP contribution in [0, 0.1) is 5.92 Å². The van der Waals surface area contributed by atoms with Crippen molar-refractivity contribution in [1.82, 2.24) is 0 Å². The topological polar surface area (TPSA) is 26.0 Å². The molecule has 0 aromatic carbocycles. The predicted molar refractivity (Wildman–Crippen MR) is 36.1 cm³/mol. The molecule has 0 spiro atoms. The summed E-state index contributed by atoms with van der Waals surface area (Å²) in [5, 5.41) is 0.